The van der Waals surface area contributed by atoms with E-state index in [1.54, 1.807) is 0 Å². The monoisotopic (exact) mass is 382 g/mol. The summed E-state index contributed by atoms with van der Waals surface area (Å²) in [5.41, 5.74) is 13.2. The summed E-state index contributed by atoms with van der Waals surface area (Å²) in [5.74, 6) is -0.0165. The van der Waals surface area contributed by atoms with Crippen LogP contribution < -0.4 is 16.9 Å². The minimum atomic E-state index is -0.872. The maximum atomic E-state index is 13.8. The summed E-state index contributed by atoms with van der Waals surface area (Å²) >= 11 is 0. The van der Waals surface area contributed by atoms with E-state index in [0.29, 0.717) is 42.5 Å². The quantitative estimate of drug-likeness (QED) is 0.645. The van der Waals surface area contributed by atoms with Gasteiger partial charge in [-0.25, -0.2) is 4.39 Å². The molecule has 148 valence electrons. The van der Waals surface area contributed by atoms with Crippen molar-refractivity contribution in [1.29, 1.82) is 0 Å². The second-order valence-corrected chi connectivity index (χ2v) is 7.63. The molecule has 1 heterocycles. The van der Waals surface area contributed by atoms with E-state index in [9.17, 15) is 9.18 Å². The van der Waals surface area contributed by atoms with Crippen molar-refractivity contribution in [2.45, 2.75) is 38.6 Å². The zero-order valence-electron chi connectivity index (χ0n) is 16.4. The first-order valence-electron chi connectivity index (χ1n) is 9.65. The third-order valence-electron chi connectivity index (χ3n) is 5.42. The third-order valence-corrected chi connectivity index (χ3v) is 5.42. The van der Waals surface area contributed by atoms with Gasteiger partial charge in [0, 0.05) is 18.1 Å². The van der Waals surface area contributed by atoms with E-state index in [4.69, 9.17) is 15.9 Å². The summed E-state index contributed by atoms with van der Waals surface area (Å²) in [7, 11) is 0. The van der Waals surface area contributed by atoms with Gasteiger partial charge in [-0.2, -0.15) is 0 Å². The molecule has 3 rings (SSSR count). The van der Waals surface area contributed by atoms with E-state index >= 15 is 0 Å². The molecule has 0 aliphatic heterocycles. The molecule has 0 saturated heterocycles. The molecule has 1 aromatic heterocycles. The summed E-state index contributed by atoms with van der Waals surface area (Å²) in [4.78, 5) is 13.3. The fourth-order valence-corrected chi connectivity index (χ4v) is 3.60. The first-order valence-corrected chi connectivity index (χ1v) is 9.65. The van der Waals surface area contributed by atoms with Crippen LogP contribution in [0.4, 0.5) is 4.39 Å². The SMILES string of the molecule is CC(C)C(N)(CCCN)c1oc2cc(F)ccc2c(=O)c1Cc1ccccc1. The van der Waals surface area contributed by atoms with E-state index in [0.717, 1.165) is 5.56 Å². The Morgan fingerprint density at radius 1 is 1.14 bits per heavy atom. The molecule has 0 bridgehead atoms. The fraction of sp³-hybridized carbons (Fsp3) is 0.348. The molecule has 28 heavy (non-hydrogen) atoms. The van der Waals surface area contributed by atoms with Gasteiger partial charge in [0.1, 0.15) is 17.2 Å². The van der Waals surface area contributed by atoms with Crippen LogP contribution in [0.1, 0.15) is 43.6 Å². The van der Waals surface area contributed by atoms with Crippen LogP contribution in [-0.2, 0) is 12.0 Å². The molecular formula is C23H27FN2O2. The molecular weight excluding hydrogens is 355 g/mol. The van der Waals surface area contributed by atoms with Crippen LogP contribution in [0.3, 0.4) is 0 Å². The number of fused-ring (bicyclic) bond motifs is 1. The molecule has 3 aromatic rings. The lowest BCUT2D eigenvalue weighted by molar-refractivity contribution is 0.236. The third kappa shape index (κ3) is 3.86. The minimum absolute atomic E-state index is 0.00253. The van der Waals surface area contributed by atoms with Crippen LogP contribution in [0.25, 0.3) is 11.0 Å². The van der Waals surface area contributed by atoms with Gasteiger partial charge in [-0.15, -0.1) is 0 Å². The standard InChI is InChI=1S/C23H27FN2O2/c1-15(2)23(26,11-6-12-25)22-19(13-16-7-4-3-5-8-16)21(27)18-10-9-17(24)14-20(18)28-22/h3-5,7-10,14-15H,6,11-13,25-26H2,1-2H3. The van der Waals surface area contributed by atoms with Crippen molar-refractivity contribution in [2.75, 3.05) is 6.54 Å². The number of hydrogen-bond donors (Lipinski definition) is 2. The maximum absolute atomic E-state index is 13.8. The van der Waals surface area contributed by atoms with Crippen molar-refractivity contribution >= 4 is 11.0 Å². The molecule has 0 spiro atoms. The minimum Gasteiger partial charge on any atom is -0.458 e. The lowest BCUT2D eigenvalue weighted by atomic mass is 9.78. The molecule has 5 heteroatoms. The second kappa shape index (κ2) is 8.25. The lowest BCUT2D eigenvalue weighted by Crippen LogP contribution is -2.44. The Morgan fingerprint density at radius 3 is 2.50 bits per heavy atom. The van der Waals surface area contributed by atoms with Gasteiger partial charge in [0.25, 0.3) is 0 Å². The van der Waals surface area contributed by atoms with Crippen LogP contribution in [0.2, 0.25) is 0 Å². The van der Waals surface area contributed by atoms with Crippen molar-refractivity contribution < 1.29 is 8.81 Å². The highest BCUT2D eigenvalue weighted by Gasteiger charge is 2.37. The van der Waals surface area contributed by atoms with Crippen molar-refractivity contribution in [3.63, 3.8) is 0 Å². The number of rotatable bonds is 7. The van der Waals surface area contributed by atoms with Gasteiger partial charge in [-0.1, -0.05) is 44.2 Å². The summed E-state index contributed by atoms with van der Waals surface area (Å²) < 4.78 is 19.9. The molecule has 0 aliphatic carbocycles. The molecule has 0 aliphatic rings. The lowest BCUT2D eigenvalue weighted by Gasteiger charge is -2.34. The van der Waals surface area contributed by atoms with Crippen LogP contribution in [0.5, 0.6) is 0 Å². The van der Waals surface area contributed by atoms with E-state index in [1.165, 1.54) is 18.2 Å². The first-order chi connectivity index (χ1) is 13.4. The molecule has 1 atom stereocenters. The second-order valence-electron chi connectivity index (χ2n) is 7.63. The maximum Gasteiger partial charge on any atom is 0.196 e. The topological polar surface area (TPSA) is 82.2 Å². The first kappa shape index (κ1) is 20.2. The molecule has 4 N–H and O–H groups in total. The number of hydrogen-bond acceptors (Lipinski definition) is 4. The Hall–Kier alpha value is -2.50. The Bertz CT molecular complexity index is 1010. The van der Waals surface area contributed by atoms with Gasteiger partial charge in [0.2, 0.25) is 0 Å². The highest BCUT2D eigenvalue weighted by Crippen LogP contribution is 2.35. The Balaban J connectivity index is 2.28. The normalized spacial score (nSPS) is 13.8. The van der Waals surface area contributed by atoms with Gasteiger partial charge < -0.3 is 15.9 Å². The van der Waals surface area contributed by atoms with Gasteiger partial charge in [-0.3, -0.25) is 4.79 Å². The Morgan fingerprint density at radius 2 is 1.86 bits per heavy atom. The molecule has 0 amide bonds. The van der Waals surface area contributed by atoms with E-state index in [-0.39, 0.29) is 16.9 Å². The average molecular weight is 382 g/mol. The van der Waals surface area contributed by atoms with Gasteiger partial charge >= 0.3 is 0 Å². The summed E-state index contributed by atoms with van der Waals surface area (Å²) in [6.45, 7) is 4.49. The van der Waals surface area contributed by atoms with Crippen LogP contribution in [-0.4, -0.2) is 6.54 Å². The number of nitrogens with two attached hydrogens (primary N) is 2. The highest BCUT2D eigenvalue weighted by molar-refractivity contribution is 5.77. The van der Waals surface area contributed by atoms with Crippen LogP contribution in [0.15, 0.2) is 57.7 Å². The number of halogens is 1. The summed E-state index contributed by atoms with van der Waals surface area (Å²) in [6, 6.07) is 13.7. The predicted octanol–water partition coefficient (Wildman–Crippen LogP) is 4.07. The van der Waals surface area contributed by atoms with E-state index in [2.05, 4.69) is 0 Å². The van der Waals surface area contributed by atoms with E-state index in [1.807, 2.05) is 44.2 Å². The largest absolute Gasteiger partial charge is 0.458 e. The Labute approximate surface area is 164 Å². The highest BCUT2D eigenvalue weighted by atomic mass is 19.1. The molecule has 0 saturated carbocycles. The van der Waals surface area contributed by atoms with Crippen molar-refractivity contribution in [1.82, 2.24) is 0 Å². The van der Waals surface area contributed by atoms with Crippen molar-refractivity contribution in [3.05, 3.63) is 81.5 Å². The predicted molar refractivity (Wildman–Crippen MR) is 111 cm³/mol. The van der Waals surface area contributed by atoms with Crippen molar-refractivity contribution in [2.24, 2.45) is 17.4 Å². The van der Waals surface area contributed by atoms with Crippen LogP contribution in [0, 0.1) is 11.7 Å². The summed E-state index contributed by atoms with van der Waals surface area (Å²) in [5, 5.41) is 0.362. The summed E-state index contributed by atoms with van der Waals surface area (Å²) in [6.07, 6.45) is 1.68. The molecule has 2 aromatic carbocycles. The van der Waals surface area contributed by atoms with Gasteiger partial charge in [-0.05, 0) is 43.0 Å². The zero-order chi connectivity index (χ0) is 20.3. The van der Waals surface area contributed by atoms with Gasteiger partial charge in [0.05, 0.1) is 10.9 Å². The van der Waals surface area contributed by atoms with E-state index < -0.39 is 11.4 Å². The smallest absolute Gasteiger partial charge is 0.196 e. The molecule has 4 nitrogen and oxygen atoms in total. The average Bonchev–Trinajstić information content (AvgIpc) is 2.68. The number of benzene rings is 2. The fourth-order valence-electron chi connectivity index (χ4n) is 3.60. The Kier molecular flexibility index (Phi) is 5.96. The molecule has 0 radical (unpaired) electrons. The molecule has 1 unspecified atom stereocenters. The van der Waals surface area contributed by atoms with Gasteiger partial charge in [0.15, 0.2) is 5.43 Å². The van der Waals surface area contributed by atoms with Crippen LogP contribution >= 0.6 is 0 Å². The zero-order valence-corrected chi connectivity index (χ0v) is 16.4. The molecule has 0 fully saturated rings. The van der Waals surface area contributed by atoms with Crippen molar-refractivity contribution in [3.8, 4) is 0 Å².